The maximum absolute atomic E-state index is 10.1. The van der Waals surface area contributed by atoms with Crippen molar-refractivity contribution in [3.05, 3.63) is 0 Å². The van der Waals surface area contributed by atoms with Crippen molar-refractivity contribution in [2.45, 2.75) is 18.9 Å². The predicted octanol–water partition coefficient (Wildman–Crippen LogP) is -0.573. The fourth-order valence-corrected chi connectivity index (χ4v) is 1.19. The van der Waals surface area contributed by atoms with Crippen LogP contribution in [-0.2, 0) is 4.79 Å². The smallest absolute Gasteiger partial charge is 0.317 e. The molecule has 4 nitrogen and oxygen atoms in total. The van der Waals surface area contributed by atoms with Crippen LogP contribution in [0.2, 0.25) is 0 Å². The molecule has 0 aromatic rings. The Hall–Kier alpha value is -0.610. The first-order chi connectivity index (χ1) is 5.29. The van der Waals surface area contributed by atoms with Crippen molar-refractivity contribution < 1.29 is 9.90 Å². The highest BCUT2D eigenvalue weighted by molar-refractivity contribution is 5.69. The van der Waals surface area contributed by atoms with Crippen molar-refractivity contribution in [2.24, 2.45) is 0 Å². The maximum atomic E-state index is 10.1. The maximum Gasteiger partial charge on any atom is 0.317 e. The van der Waals surface area contributed by atoms with Gasteiger partial charge in [0.1, 0.15) is 0 Å². The SMILES string of the molecule is O=C(O)CNC1CCC[N]C1. The number of nitrogens with one attached hydrogen (secondary N) is 1. The van der Waals surface area contributed by atoms with Gasteiger partial charge in [-0.25, -0.2) is 5.32 Å². The quantitative estimate of drug-likeness (QED) is 0.576. The Bertz CT molecular complexity index is 132. The van der Waals surface area contributed by atoms with Gasteiger partial charge < -0.3 is 10.4 Å². The fourth-order valence-electron chi connectivity index (χ4n) is 1.19. The van der Waals surface area contributed by atoms with Crippen LogP contribution in [0.5, 0.6) is 0 Å². The van der Waals surface area contributed by atoms with E-state index in [1.54, 1.807) is 0 Å². The zero-order valence-electron chi connectivity index (χ0n) is 6.42. The van der Waals surface area contributed by atoms with E-state index >= 15 is 0 Å². The summed E-state index contributed by atoms with van der Waals surface area (Å²) in [5.41, 5.74) is 0. The molecule has 1 heterocycles. The van der Waals surface area contributed by atoms with E-state index in [0.29, 0.717) is 6.04 Å². The van der Waals surface area contributed by atoms with Crippen LogP contribution in [0.1, 0.15) is 12.8 Å². The molecule has 1 aliphatic rings. The third-order valence-electron chi connectivity index (χ3n) is 1.76. The van der Waals surface area contributed by atoms with Gasteiger partial charge in [0.05, 0.1) is 6.54 Å². The lowest BCUT2D eigenvalue weighted by Gasteiger charge is -2.21. The number of nitrogens with zero attached hydrogens (tertiary/aromatic N) is 1. The van der Waals surface area contributed by atoms with E-state index in [1.807, 2.05) is 0 Å². The van der Waals surface area contributed by atoms with Crippen molar-refractivity contribution >= 4 is 5.97 Å². The third kappa shape index (κ3) is 3.34. The van der Waals surface area contributed by atoms with Crippen molar-refractivity contribution in [1.29, 1.82) is 0 Å². The summed E-state index contributed by atoms with van der Waals surface area (Å²) in [4.78, 5) is 10.1. The molecule has 1 unspecified atom stereocenters. The average molecular weight is 157 g/mol. The largest absolute Gasteiger partial charge is 0.480 e. The number of carboxylic acids is 1. The number of piperidine rings is 1. The van der Waals surface area contributed by atoms with E-state index in [0.717, 1.165) is 25.9 Å². The molecule has 11 heavy (non-hydrogen) atoms. The molecule has 1 fully saturated rings. The van der Waals surface area contributed by atoms with Crippen LogP contribution in [0.15, 0.2) is 0 Å². The van der Waals surface area contributed by atoms with Gasteiger partial charge in [-0.3, -0.25) is 4.79 Å². The molecular formula is C7H13N2O2. The van der Waals surface area contributed by atoms with Gasteiger partial charge in [-0.05, 0) is 12.8 Å². The Labute approximate surface area is 66.0 Å². The van der Waals surface area contributed by atoms with Crippen LogP contribution >= 0.6 is 0 Å². The summed E-state index contributed by atoms with van der Waals surface area (Å²) in [6.07, 6.45) is 2.13. The zero-order chi connectivity index (χ0) is 8.10. The first-order valence-electron chi connectivity index (χ1n) is 3.87. The number of aliphatic carboxylic acids is 1. The summed E-state index contributed by atoms with van der Waals surface area (Å²) in [5.74, 6) is -0.796. The van der Waals surface area contributed by atoms with Gasteiger partial charge >= 0.3 is 5.97 Å². The standard InChI is InChI=1S/C7H13N2O2/c10-7(11)5-9-6-2-1-3-8-4-6/h6,9H,1-5H2,(H,10,11). The van der Waals surface area contributed by atoms with Crippen LogP contribution in [0.4, 0.5) is 0 Å². The molecule has 63 valence electrons. The lowest BCUT2D eigenvalue weighted by Crippen LogP contribution is -2.42. The lowest BCUT2D eigenvalue weighted by molar-refractivity contribution is -0.136. The van der Waals surface area contributed by atoms with Gasteiger partial charge in [0.2, 0.25) is 0 Å². The molecule has 1 saturated heterocycles. The van der Waals surface area contributed by atoms with Crippen LogP contribution in [0, 0.1) is 0 Å². The van der Waals surface area contributed by atoms with E-state index in [1.165, 1.54) is 0 Å². The minimum absolute atomic E-state index is 0.0557. The van der Waals surface area contributed by atoms with E-state index in [9.17, 15) is 4.79 Å². The van der Waals surface area contributed by atoms with E-state index < -0.39 is 5.97 Å². The van der Waals surface area contributed by atoms with Crippen molar-refractivity contribution in [1.82, 2.24) is 10.6 Å². The second kappa shape index (κ2) is 4.31. The molecule has 1 atom stereocenters. The van der Waals surface area contributed by atoms with Crippen molar-refractivity contribution in [3.8, 4) is 0 Å². The number of carbonyl (C=O) groups is 1. The van der Waals surface area contributed by atoms with Gasteiger partial charge in [-0.2, -0.15) is 0 Å². The molecule has 1 aliphatic heterocycles. The molecule has 0 aromatic carbocycles. The molecule has 4 heteroatoms. The van der Waals surface area contributed by atoms with Crippen LogP contribution in [0.3, 0.4) is 0 Å². The summed E-state index contributed by atoms with van der Waals surface area (Å²) in [7, 11) is 0. The Morgan fingerprint density at radius 3 is 3.09 bits per heavy atom. The minimum atomic E-state index is -0.796. The van der Waals surface area contributed by atoms with Crippen LogP contribution < -0.4 is 10.6 Å². The molecule has 0 aromatic heterocycles. The summed E-state index contributed by atoms with van der Waals surface area (Å²) in [6, 6.07) is 0.292. The molecule has 0 saturated carbocycles. The molecular weight excluding hydrogens is 144 g/mol. The normalized spacial score (nSPS) is 24.9. The number of rotatable bonds is 3. The van der Waals surface area contributed by atoms with E-state index in [2.05, 4.69) is 10.6 Å². The van der Waals surface area contributed by atoms with Gasteiger partial charge in [-0.1, -0.05) is 0 Å². The first-order valence-corrected chi connectivity index (χ1v) is 3.87. The summed E-state index contributed by atoms with van der Waals surface area (Å²) in [6.45, 7) is 1.76. The predicted molar refractivity (Wildman–Crippen MR) is 40.5 cm³/mol. The van der Waals surface area contributed by atoms with Crippen molar-refractivity contribution in [3.63, 3.8) is 0 Å². The third-order valence-corrected chi connectivity index (χ3v) is 1.76. The second-order valence-corrected chi connectivity index (χ2v) is 2.74. The number of hydrogen-bond donors (Lipinski definition) is 2. The average Bonchev–Trinajstić information content (AvgIpc) is 2.03. The Morgan fingerprint density at radius 2 is 2.55 bits per heavy atom. The van der Waals surface area contributed by atoms with Crippen molar-refractivity contribution in [2.75, 3.05) is 19.6 Å². The molecule has 0 spiro atoms. The van der Waals surface area contributed by atoms with Crippen LogP contribution in [-0.4, -0.2) is 36.8 Å². The van der Waals surface area contributed by atoms with E-state index in [-0.39, 0.29) is 6.54 Å². The highest BCUT2D eigenvalue weighted by atomic mass is 16.4. The van der Waals surface area contributed by atoms with Gasteiger partial charge in [0, 0.05) is 19.1 Å². The summed E-state index contributed by atoms with van der Waals surface area (Å²) >= 11 is 0. The van der Waals surface area contributed by atoms with Crippen LogP contribution in [0.25, 0.3) is 0 Å². The summed E-state index contributed by atoms with van der Waals surface area (Å²) in [5, 5.41) is 15.5. The van der Waals surface area contributed by atoms with E-state index in [4.69, 9.17) is 5.11 Å². The molecule has 2 N–H and O–H groups in total. The zero-order valence-corrected chi connectivity index (χ0v) is 6.42. The van der Waals surface area contributed by atoms with Gasteiger partial charge in [-0.15, -0.1) is 0 Å². The first kappa shape index (κ1) is 8.49. The fraction of sp³-hybridized carbons (Fsp3) is 0.857. The minimum Gasteiger partial charge on any atom is -0.480 e. The molecule has 0 aliphatic carbocycles. The Kier molecular flexibility index (Phi) is 3.32. The molecule has 1 radical (unpaired) electrons. The Balaban J connectivity index is 2.09. The molecule has 0 bridgehead atoms. The van der Waals surface area contributed by atoms with Gasteiger partial charge in [0.15, 0.2) is 0 Å². The lowest BCUT2D eigenvalue weighted by atomic mass is 10.1. The number of carboxylic acid groups (broad SMARTS) is 1. The Morgan fingerprint density at radius 1 is 1.73 bits per heavy atom. The monoisotopic (exact) mass is 157 g/mol. The topological polar surface area (TPSA) is 63.4 Å². The molecule has 1 rings (SSSR count). The number of hydrogen-bond acceptors (Lipinski definition) is 2. The second-order valence-electron chi connectivity index (χ2n) is 2.74. The summed E-state index contributed by atoms with van der Waals surface area (Å²) < 4.78 is 0. The highest BCUT2D eigenvalue weighted by Crippen LogP contribution is 2.01. The highest BCUT2D eigenvalue weighted by Gasteiger charge is 2.13. The molecule has 0 amide bonds. The van der Waals surface area contributed by atoms with Gasteiger partial charge in [0.25, 0.3) is 0 Å².